The van der Waals surface area contributed by atoms with Gasteiger partial charge in [-0.25, -0.2) is 13.1 Å². The number of rotatable bonds is 4. The molecule has 31 heavy (non-hydrogen) atoms. The molecule has 7 heteroatoms. The summed E-state index contributed by atoms with van der Waals surface area (Å²) in [4.78, 5) is 13.7. The Bertz CT molecular complexity index is 780. The maximum Gasteiger partial charge on any atom is 0.255 e. The number of carbonyl (C=O) groups is 1. The lowest BCUT2D eigenvalue weighted by atomic mass is 9.99. The zero-order valence-electron chi connectivity index (χ0n) is 18.6. The lowest BCUT2D eigenvalue weighted by Crippen LogP contribution is -2.35. The van der Waals surface area contributed by atoms with Crippen molar-refractivity contribution in [1.82, 2.24) is 4.72 Å². The van der Waals surface area contributed by atoms with Gasteiger partial charge in [0.1, 0.15) is 6.10 Å². The van der Waals surface area contributed by atoms with Crippen LogP contribution in [0.5, 0.6) is 0 Å². The topological polar surface area (TPSA) is 86.7 Å². The fraction of sp³-hybridized carbons (Fsp3) is 0.708. The van der Waals surface area contributed by atoms with E-state index in [2.05, 4.69) is 4.72 Å². The molecular formula is C24H38N2O4S. The van der Waals surface area contributed by atoms with Crippen LogP contribution in [0.3, 0.4) is 0 Å². The number of benzene rings is 1. The quantitative estimate of drug-likeness (QED) is 0.706. The molecule has 0 spiro atoms. The van der Waals surface area contributed by atoms with Crippen LogP contribution in [0.25, 0.3) is 0 Å². The standard InChI is InChI=1S/C24H38N2O4S/c27-23-18-19-26(24(23)28)21-14-16-22(17-15-21)31(29,30)25-20-12-10-8-6-4-2-1-3-5-7-9-11-13-20/h14-17,20,23,25,27H,1-13,18-19H2. The molecule has 174 valence electrons. The fourth-order valence-corrected chi connectivity index (χ4v) is 5.95. The van der Waals surface area contributed by atoms with E-state index in [-0.39, 0.29) is 16.8 Å². The molecule has 1 amide bonds. The minimum absolute atomic E-state index is 0.0251. The highest BCUT2D eigenvalue weighted by atomic mass is 32.2. The van der Waals surface area contributed by atoms with Crippen molar-refractivity contribution >= 4 is 21.6 Å². The SMILES string of the molecule is O=C1C(O)CCN1c1ccc(S(=O)(=O)NC2CCCCCCCCCCCCC2)cc1. The molecule has 1 saturated carbocycles. The van der Waals surface area contributed by atoms with E-state index < -0.39 is 16.1 Å². The predicted molar refractivity (Wildman–Crippen MR) is 124 cm³/mol. The maximum atomic E-state index is 13.0. The van der Waals surface area contributed by atoms with Gasteiger partial charge in [-0.3, -0.25) is 4.79 Å². The highest BCUT2D eigenvalue weighted by Crippen LogP contribution is 2.24. The van der Waals surface area contributed by atoms with E-state index in [0.717, 1.165) is 25.7 Å². The van der Waals surface area contributed by atoms with Gasteiger partial charge in [0.2, 0.25) is 10.0 Å². The third kappa shape index (κ3) is 7.29. The first-order valence-corrected chi connectivity index (χ1v) is 13.6. The summed E-state index contributed by atoms with van der Waals surface area (Å²) < 4.78 is 28.9. The number of anilines is 1. The van der Waals surface area contributed by atoms with Crippen molar-refractivity contribution in [2.24, 2.45) is 0 Å². The molecule has 0 bridgehead atoms. The average Bonchev–Trinajstić information content (AvgIpc) is 3.09. The van der Waals surface area contributed by atoms with E-state index >= 15 is 0 Å². The van der Waals surface area contributed by atoms with Gasteiger partial charge in [-0.05, 0) is 37.1 Å². The van der Waals surface area contributed by atoms with Gasteiger partial charge < -0.3 is 10.0 Å². The normalized spacial score (nSPS) is 23.6. The number of hydrogen-bond acceptors (Lipinski definition) is 4. The molecule has 2 fully saturated rings. The van der Waals surface area contributed by atoms with Gasteiger partial charge in [0.05, 0.1) is 4.90 Å². The van der Waals surface area contributed by atoms with Crippen molar-refractivity contribution < 1.29 is 18.3 Å². The summed E-state index contributed by atoms with van der Waals surface area (Å²) in [6.07, 6.45) is 14.8. The van der Waals surface area contributed by atoms with Gasteiger partial charge >= 0.3 is 0 Å². The highest BCUT2D eigenvalue weighted by Gasteiger charge is 2.31. The van der Waals surface area contributed by atoms with Gasteiger partial charge in [0.15, 0.2) is 0 Å². The Labute approximate surface area is 187 Å². The number of aliphatic hydroxyl groups is 1. The number of sulfonamides is 1. The van der Waals surface area contributed by atoms with Crippen LogP contribution in [-0.2, 0) is 14.8 Å². The van der Waals surface area contributed by atoms with E-state index in [1.165, 1.54) is 62.7 Å². The first-order chi connectivity index (χ1) is 15.0. The Morgan fingerprint density at radius 3 is 1.71 bits per heavy atom. The van der Waals surface area contributed by atoms with Gasteiger partial charge in [-0.1, -0.05) is 70.6 Å². The molecule has 1 atom stereocenters. The molecule has 2 N–H and O–H groups in total. The fourth-order valence-electron chi connectivity index (χ4n) is 4.65. The number of hydrogen-bond donors (Lipinski definition) is 2. The number of nitrogens with one attached hydrogen (secondary N) is 1. The van der Waals surface area contributed by atoms with Crippen LogP contribution in [-0.4, -0.2) is 38.1 Å². The molecule has 0 aromatic heterocycles. The third-order valence-corrected chi connectivity index (χ3v) is 8.10. The van der Waals surface area contributed by atoms with E-state index in [0.29, 0.717) is 18.7 Å². The summed E-state index contributed by atoms with van der Waals surface area (Å²) in [5.41, 5.74) is 0.624. The minimum atomic E-state index is -3.61. The molecular weight excluding hydrogens is 412 g/mol. The molecule has 6 nitrogen and oxygen atoms in total. The monoisotopic (exact) mass is 450 g/mol. The van der Waals surface area contributed by atoms with Crippen molar-refractivity contribution in [3.8, 4) is 0 Å². The Morgan fingerprint density at radius 2 is 1.26 bits per heavy atom. The molecule has 1 saturated heterocycles. The summed E-state index contributed by atoms with van der Waals surface area (Å²) in [5.74, 6) is -0.326. The molecule has 1 aromatic rings. The molecule has 1 aliphatic heterocycles. The lowest BCUT2D eigenvalue weighted by Gasteiger charge is -2.20. The Hall–Kier alpha value is -1.44. The number of nitrogens with zero attached hydrogens (tertiary/aromatic N) is 1. The zero-order valence-corrected chi connectivity index (χ0v) is 19.4. The van der Waals surface area contributed by atoms with Crippen molar-refractivity contribution in [3.05, 3.63) is 24.3 Å². The molecule has 1 heterocycles. The summed E-state index contributed by atoms with van der Waals surface area (Å²) in [7, 11) is -3.61. The molecule has 3 rings (SSSR count). The van der Waals surface area contributed by atoms with E-state index in [1.54, 1.807) is 24.3 Å². The molecule has 1 aliphatic carbocycles. The van der Waals surface area contributed by atoms with Crippen molar-refractivity contribution in [1.29, 1.82) is 0 Å². The largest absolute Gasteiger partial charge is 0.383 e. The third-order valence-electron chi connectivity index (χ3n) is 6.56. The second kappa shape index (κ2) is 12.0. The summed E-state index contributed by atoms with van der Waals surface area (Å²) in [6, 6.07) is 6.39. The number of aliphatic hydroxyl groups excluding tert-OH is 1. The Kier molecular flexibility index (Phi) is 9.35. The second-order valence-electron chi connectivity index (χ2n) is 9.07. The molecule has 1 unspecified atom stereocenters. The van der Waals surface area contributed by atoms with E-state index in [4.69, 9.17) is 0 Å². The van der Waals surface area contributed by atoms with Gasteiger partial charge in [-0.15, -0.1) is 0 Å². The second-order valence-corrected chi connectivity index (χ2v) is 10.8. The van der Waals surface area contributed by atoms with E-state index in [1.807, 2.05) is 0 Å². The Balaban J connectivity index is 1.60. The lowest BCUT2D eigenvalue weighted by molar-refractivity contribution is -0.123. The van der Waals surface area contributed by atoms with Crippen molar-refractivity contribution in [2.45, 2.75) is 107 Å². The summed E-state index contributed by atoms with van der Waals surface area (Å²) in [6.45, 7) is 0.451. The van der Waals surface area contributed by atoms with E-state index in [9.17, 15) is 18.3 Å². The first kappa shape index (κ1) is 24.2. The van der Waals surface area contributed by atoms with Crippen LogP contribution >= 0.6 is 0 Å². The van der Waals surface area contributed by atoms with Crippen molar-refractivity contribution in [3.63, 3.8) is 0 Å². The molecule has 2 aliphatic rings. The van der Waals surface area contributed by atoms with Crippen LogP contribution in [0.2, 0.25) is 0 Å². The highest BCUT2D eigenvalue weighted by molar-refractivity contribution is 7.89. The minimum Gasteiger partial charge on any atom is -0.383 e. The molecule has 0 radical (unpaired) electrons. The van der Waals surface area contributed by atoms with Gasteiger partial charge in [-0.2, -0.15) is 0 Å². The summed E-state index contributed by atoms with van der Waals surface area (Å²) in [5, 5.41) is 9.64. The van der Waals surface area contributed by atoms with Crippen molar-refractivity contribution in [2.75, 3.05) is 11.4 Å². The maximum absolute atomic E-state index is 13.0. The number of amides is 1. The smallest absolute Gasteiger partial charge is 0.255 e. The van der Waals surface area contributed by atoms with Crippen LogP contribution in [0, 0.1) is 0 Å². The van der Waals surface area contributed by atoms with Crippen LogP contribution in [0.1, 0.15) is 89.9 Å². The Morgan fingerprint density at radius 1 is 0.774 bits per heavy atom. The summed E-state index contributed by atoms with van der Waals surface area (Å²) >= 11 is 0. The zero-order chi connectivity index (χ0) is 22.1. The van der Waals surface area contributed by atoms with Gasteiger partial charge in [0.25, 0.3) is 5.91 Å². The molecule has 1 aromatic carbocycles. The van der Waals surface area contributed by atoms with Crippen LogP contribution in [0.15, 0.2) is 29.2 Å². The average molecular weight is 451 g/mol. The van der Waals surface area contributed by atoms with Gasteiger partial charge in [0, 0.05) is 24.7 Å². The van der Waals surface area contributed by atoms with Crippen LogP contribution < -0.4 is 9.62 Å². The predicted octanol–water partition coefficient (Wildman–Crippen LogP) is 4.52. The first-order valence-electron chi connectivity index (χ1n) is 12.1. The van der Waals surface area contributed by atoms with Crippen LogP contribution in [0.4, 0.5) is 5.69 Å². The number of carbonyl (C=O) groups excluding carboxylic acids is 1.